The highest BCUT2D eigenvalue weighted by molar-refractivity contribution is 6.09. The smallest absolute Gasteiger partial charge is 0.187 e. The number of fused-ring (bicyclic) bond motifs is 11. The van der Waals surface area contributed by atoms with Crippen molar-refractivity contribution in [2.24, 2.45) is 0 Å². The van der Waals surface area contributed by atoms with Gasteiger partial charge in [0, 0.05) is 46.3 Å². The molecule has 3 nitrogen and oxygen atoms in total. The molecule has 1 fully saturated rings. The van der Waals surface area contributed by atoms with E-state index in [1.807, 2.05) is 6.07 Å². The second-order valence-electron chi connectivity index (χ2n) is 15.0. The Morgan fingerprint density at radius 2 is 1.37 bits per heavy atom. The zero-order valence-electron chi connectivity index (χ0n) is 29.0. The van der Waals surface area contributed by atoms with E-state index >= 15 is 0 Å². The molecule has 0 amide bonds. The van der Waals surface area contributed by atoms with Crippen LogP contribution in [0.1, 0.15) is 60.9 Å². The minimum Gasteiger partial charge on any atom is -0.472 e. The first-order chi connectivity index (χ1) is 25.0. The van der Waals surface area contributed by atoms with Crippen LogP contribution in [0.4, 0.5) is 11.4 Å². The minimum atomic E-state index is -0.850. The first-order valence-corrected chi connectivity index (χ1v) is 18.2. The van der Waals surface area contributed by atoms with Crippen LogP contribution in [0.25, 0.3) is 54.4 Å². The van der Waals surface area contributed by atoms with E-state index < -0.39 is 5.60 Å². The Bertz CT molecular complexity index is 2640. The maximum Gasteiger partial charge on any atom is 0.187 e. The fourth-order valence-electron chi connectivity index (χ4n) is 9.29. The summed E-state index contributed by atoms with van der Waals surface area (Å²) < 4.78 is 7.64. The Kier molecular flexibility index (Phi) is 6.52. The van der Waals surface area contributed by atoms with Gasteiger partial charge in [0.25, 0.3) is 0 Å². The van der Waals surface area contributed by atoms with Crippen LogP contribution in [0.5, 0.6) is 5.75 Å². The maximum atomic E-state index is 7.74. The van der Waals surface area contributed by atoms with Crippen LogP contribution in [-0.4, -0.2) is 13.1 Å². The minimum absolute atomic E-state index is 0.312. The second-order valence-corrected chi connectivity index (χ2v) is 15.0. The Labute approximate surface area is 299 Å². The van der Waals surface area contributed by atoms with Crippen molar-refractivity contribution in [1.82, 2.24) is 0 Å². The Balaban J connectivity index is 1.21. The van der Waals surface area contributed by atoms with Gasteiger partial charge in [-0.3, -0.25) is 0 Å². The molecule has 0 radical (unpaired) electrons. The Morgan fingerprint density at radius 3 is 2.18 bits per heavy atom. The van der Waals surface area contributed by atoms with Crippen molar-refractivity contribution in [3.8, 4) is 16.9 Å². The molecule has 0 N–H and O–H groups in total. The zero-order valence-corrected chi connectivity index (χ0v) is 29.0. The summed E-state index contributed by atoms with van der Waals surface area (Å²) in [6.45, 7) is 14.6. The van der Waals surface area contributed by atoms with Crippen molar-refractivity contribution < 1.29 is 4.74 Å². The fraction of sp³-hybridized carbons (Fsp3) is 0.188. The van der Waals surface area contributed by atoms with Crippen LogP contribution in [-0.2, 0) is 11.0 Å². The molecule has 3 heteroatoms. The molecule has 0 bridgehead atoms. The molecule has 2 heterocycles. The standard InChI is InChI=1S/C48H38N2O/c1-47(2)43-30-35(49-3)20-24-41(43)44-39-13-7-8-14-40(39)46-42(45(44)47)25-26-48(51-46,33-17-21-36(22-18-33)50-27-9-4-10-28-50)34-19-23-38-32(29-34)16-15-31-11-5-6-12-37(31)38/h5-8,11-26,29-30H,4,9-10,27-28H2,1-2H3. The monoisotopic (exact) mass is 658 g/mol. The highest BCUT2D eigenvalue weighted by Crippen LogP contribution is 2.58. The molecule has 10 rings (SSSR count). The van der Waals surface area contributed by atoms with Crippen molar-refractivity contribution in [3.63, 3.8) is 0 Å². The number of anilines is 1. The molecule has 7 aromatic rings. The summed E-state index contributed by atoms with van der Waals surface area (Å²) in [6.07, 6.45) is 8.43. The molecule has 1 unspecified atom stereocenters. The SMILES string of the molecule is [C-]#[N+]c1ccc2c(c1)C(C)(C)c1c3c(c4ccccc4c1-2)OC(c1ccc(N2CCCCC2)cc1)(c1ccc2c(ccc4ccccc42)c1)C=C3. The van der Waals surface area contributed by atoms with E-state index in [4.69, 9.17) is 11.3 Å². The van der Waals surface area contributed by atoms with Gasteiger partial charge in [-0.25, -0.2) is 4.85 Å². The average molecular weight is 659 g/mol. The van der Waals surface area contributed by atoms with Gasteiger partial charge < -0.3 is 9.64 Å². The number of rotatable bonds is 3. The lowest BCUT2D eigenvalue weighted by Gasteiger charge is -2.39. The first kappa shape index (κ1) is 30.0. The summed E-state index contributed by atoms with van der Waals surface area (Å²) in [5.41, 5.74) is 9.06. The number of nitrogens with zero attached hydrogens (tertiary/aromatic N) is 2. The van der Waals surface area contributed by atoms with Gasteiger partial charge in [0.15, 0.2) is 11.3 Å². The molecule has 246 valence electrons. The van der Waals surface area contributed by atoms with Crippen molar-refractivity contribution >= 4 is 49.8 Å². The second kappa shape index (κ2) is 11.1. The third kappa shape index (κ3) is 4.36. The quantitative estimate of drug-likeness (QED) is 0.139. The highest BCUT2D eigenvalue weighted by Gasteiger charge is 2.44. The number of benzene rings is 7. The molecule has 51 heavy (non-hydrogen) atoms. The van der Waals surface area contributed by atoms with Crippen LogP contribution >= 0.6 is 0 Å². The van der Waals surface area contributed by atoms with Gasteiger partial charge in [-0.2, -0.15) is 0 Å². The molecular formula is C48H38N2O. The van der Waals surface area contributed by atoms with Crippen LogP contribution in [0, 0.1) is 6.57 Å². The summed E-state index contributed by atoms with van der Waals surface area (Å²) in [5.74, 6) is 0.914. The molecule has 1 aliphatic carbocycles. The summed E-state index contributed by atoms with van der Waals surface area (Å²) in [4.78, 5) is 6.31. The average Bonchev–Trinajstić information content (AvgIpc) is 3.43. The molecule has 7 aromatic carbocycles. The predicted molar refractivity (Wildman–Crippen MR) is 212 cm³/mol. The lowest BCUT2D eigenvalue weighted by Crippen LogP contribution is -2.35. The molecule has 1 saturated heterocycles. The van der Waals surface area contributed by atoms with Crippen LogP contribution in [0.3, 0.4) is 0 Å². The zero-order chi connectivity index (χ0) is 34.3. The number of hydrogen-bond acceptors (Lipinski definition) is 2. The first-order valence-electron chi connectivity index (χ1n) is 18.2. The summed E-state index contributed by atoms with van der Waals surface area (Å²) in [6, 6.07) is 44.0. The lowest BCUT2D eigenvalue weighted by molar-refractivity contribution is 0.163. The lowest BCUT2D eigenvalue weighted by atomic mass is 9.76. The number of piperidine rings is 1. The van der Waals surface area contributed by atoms with E-state index in [1.54, 1.807) is 0 Å². The van der Waals surface area contributed by atoms with Gasteiger partial charge in [-0.15, -0.1) is 0 Å². The van der Waals surface area contributed by atoms with Crippen LogP contribution < -0.4 is 9.64 Å². The Morgan fingerprint density at radius 1 is 0.667 bits per heavy atom. The van der Waals surface area contributed by atoms with Crippen molar-refractivity contribution in [1.29, 1.82) is 0 Å². The third-order valence-electron chi connectivity index (χ3n) is 11.8. The maximum absolute atomic E-state index is 7.74. The van der Waals surface area contributed by atoms with E-state index in [2.05, 4.69) is 151 Å². The molecule has 0 saturated carbocycles. The van der Waals surface area contributed by atoms with Crippen molar-refractivity contribution in [3.05, 3.63) is 167 Å². The van der Waals surface area contributed by atoms with Gasteiger partial charge >= 0.3 is 0 Å². The molecule has 2 aliphatic heterocycles. The molecular weight excluding hydrogens is 621 g/mol. The van der Waals surface area contributed by atoms with Gasteiger partial charge in [-0.05, 0) is 92.7 Å². The third-order valence-corrected chi connectivity index (χ3v) is 11.8. The Hall–Kier alpha value is -5.85. The van der Waals surface area contributed by atoms with Crippen LogP contribution in [0.2, 0.25) is 0 Å². The van der Waals surface area contributed by atoms with E-state index in [0.29, 0.717) is 5.69 Å². The van der Waals surface area contributed by atoms with E-state index in [9.17, 15) is 0 Å². The molecule has 0 aromatic heterocycles. The van der Waals surface area contributed by atoms with Gasteiger partial charge in [0.05, 0.1) is 6.57 Å². The van der Waals surface area contributed by atoms with Crippen molar-refractivity contribution in [2.45, 2.75) is 44.1 Å². The van der Waals surface area contributed by atoms with Crippen molar-refractivity contribution in [2.75, 3.05) is 18.0 Å². The predicted octanol–water partition coefficient (Wildman–Crippen LogP) is 12.3. The molecule has 0 spiro atoms. The molecule has 1 atom stereocenters. The summed E-state index contributed by atoms with van der Waals surface area (Å²) in [5, 5.41) is 7.24. The van der Waals surface area contributed by atoms with Gasteiger partial charge in [0.2, 0.25) is 0 Å². The van der Waals surface area contributed by atoms with Crippen LogP contribution in [0.15, 0.2) is 127 Å². The fourth-order valence-corrected chi connectivity index (χ4v) is 9.29. The summed E-state index contributed by atoms with van der Waals surface area (Å²) >= 11 is 0. The molecule has 3 aliphatic rings. The largest absolute Gasteiger partial charge is 0.472 e. The van der Waals surface area contributed by atoms with E-state index in [0.717, 1.165) is 40.9 Å². The van der Waals surface area contributed by atoms with E-state index in [1.165, 1.54) is 74.1 Å². The number of hydrogen-bond donors (Lipinski definition) is 0. The van der Waals surface area contributed by atoms with E-state index in [-0.39, 0.29) is 5.41 Å². The normalized spacial score (nSPS) is 18.6. The van der Waals surface area contributed by atoms with Gasteiger partial charge in [0.1, 0.15) is 5.75 Å². The van der Waals surface area contributed by atoms with Gasteiger partial charge in [-0.1, -0.05) is 123 Å². The topological polar surface area (TPSA) is 16.8 Å². The highest BCUT2D eigenvalue weighted by atomic mass is 16.5. The summed E-state index contributed by atoms with van der Waals surface area (Å²) in [7, 11) is 0. The number of ether oxygens (including phenoxy) is 1.